The SMILES string of the molecule is CC(C)(C)[Si](C)(C)O[C@@H]1[C@H](OC(=O)c2ccccc2)[C@@H](CO)O[C@H]1n1cnc2c(=O)[nH]c(N)nc21. The van der Waals surface area contributed by atoms with Crippen LogP contribution in [0.2, 0.25) is 18.1 Å². The van der Waals surface area contributed by atoms with Gasteiger partial charge in [0.25, 0.3) is 5.56 Å². The van der Waals surface area contributed by atoms with Crippen LogP contribution in [0.4, 0.5) is 5.95 Å². The molecule has 3 heterocycles. The van der Waals surface area contributed by atoms with Crippen molar-refractivity contribution in [1.82, 2.24) is 19.5 Å². The number of aliphatic hydroxyl groups is 1. The van der Waals surface area contributed by atoms with Crippen LogP contribution in [0.15, 0.2) is 41.5 Å². The normalized spacial score (nSPS) is 23.0. The van der Waals surface area contributed by atoms with Gasteiger partial charge in [-0.15, -0.1) is 0 Å². The summed E-state index contributed by atoms with van der Waals surface area (Å²) in [6, 6.07) is 8.58. The number of carbonyl (C=O) groups is 1. The molecule has 0 aliphatic carbocycles. The molecule has 1 fully saturated rings. The number of hydrogen-bond donors (Lipinski definition) is 3. The van der Waals surface area contributed by atoms with Crippen molar-refractivity contribution in [2.45, 2.75) is 63.4 Å². The first kappa shape index (κ1) is 25.0. The molecule has 188 valence electrons. The van der Waals surface area contributed by atoms with Crippen LogP contribution in [0.1, 0.15) is 37.4 Å². The molecule has 0 saturated carbocycles. The maximum Gasteiger partial charge on any atom is 0.338 e. The number of carbonyl (C=O) groups excluding carboxylic acids is 1. The third kappa shape index (κ3) is 4.74. The van der Waals surface area contributed by atoms with E-state index in [0.29, 0.717) is 5.56 Å². The monoisotopic (exact) mass is 501 g/mol. The van der Waals surface area contributed by atoms with E-state index in [1.165, 1.54) is 10.9 Å². The van der Waals surface area contributed by atoms with Crippen LogP contribution in [0.5, 0.6) is 0 Å². The first-order valence-corrected chi connectivity index (χ1v) is 14.3. The number of H-pyrrole nitrogens is 1. The summed E-state index contributed by atoms with van der Waals surface area (Å²) in [7, 11) is -2.43. The fourth-order valence-electron chi connectivity index (χ4n) is 3.76. The lowest BCUT2D eigenvalue weighted by atomic mass is 10.1. The molecule has 11 nitrogen and oxygen atoms in total. The maximum atomic E-state index is 13.0. The Bertz CT molecular complexity index is 1270. The number of hydrogen-bond acceptors (Lipinski definition) is 9. The molecule has 35 heavy (non-hydrogen) atoms. The molecule has 2 aromatic heterocycles. The molecule has 1 aliphatic heterocycles. The smallest absolute Gasteiger partial charge is 0.338 e. The third-order valence-electron chi connectivity index (χ3n) is 6.68. The van der Waals surface area contributed by atoms with Crippen LogP contribution >= 0.6 is 0 Å². The van der Waals surface area contributed by atoms with E-state index in [0.717, 1.165) is 0 Å². The van der Waals surface area contributed by atoms with Crippen LogP contribution in [-0.4, -0.2) is 63.8 Å². The number of nitrogens with zero attached hydrogens (tertiary/aromatic N) is 3. The number of ether oxygens (including phenoxy) is 2. The van der Waals surface area contributed by atoms with Gasteiger partial charge in [0.1, 0.15) is 12.2 Å². The molecule has 4 atom stereocenters. The number of fused-ring (bicyclic) bond motifs is 1. The van der Waals surface area contributed by atoms with E-state index in [9.17, 15) is 14.7 Å². The van der Waals surface area contributed by atoms with Gasteiger partial charge in [-0.2, -0.15) is 4.98 Å². The average molecular weight is 502 g/mol. The van der Waals surface area contributed by atoms with Gasteiger partial charge in [-0.3, -0.25) is 14.3 Å². The summed E-state index contributed by atoms with van der Waals surface area (Å²) >= 11 is 0. The van der Waals surface area contributed by atoms with Crippen LogP contribution in [0, 0.1) is 0 Å². The Labute approximate surface area is 203 Å². The Kier molecular flexibility index (Phi) is 6.57. The van der Waals surface area contributed by atoms with Crippen molar-refractivity contribution in [3.05, 3.63) is 52.6 Å². The molecule has 3 aromatic rings. The van der Waals surface area contributed by atoms with E-state index in [1.807, 2.05) is 0 Å². The summed E-state index contributed by atoms with van der Waals surface area (Å²) < 4.78 is 20.3. The van der Waals surface area contributed by atoms with E-state index < -0.39 is 51.0 Å². The van der Waals surface area contributed by atoms with Gasteiger partial charge in [0.15, 0.2) is 31.8 Å². The molecule has 0 amide bonds. The van der Waals surface area contributed by atoms with Gasteiger partial charge < -0.3 is 24.7 Å². The average Bonchev–Trinajstić information content (AvgIpc) is 3.35. The molecule has 0 bridgehead atoms. The predicted octanol–water partition coefficient (Wildman–Crippen LogP) is 2.21. The van der Waals surface area contributed by atoms with Crippen molar-refractivity contribution in [2.75, 3.05) is 12.3 Å². The Morgan fingerprint density at radius 2 is 1.94 bits per heavy atom. The van der Waals surface area contributed by atoms with E-state index in [1.54, 1.807) is 30.3 Å². The summed E-state index contributed by atoms with van der Waals surface area (Å²) in [6.45, 7) is 10.00. The number of aliphatic hydroxyl groups excluding tert-OH is 1. The summed E-state index contributed by atoms with van der Waals surface area (Å²) in [5.74, 6) is -0.633. The Hall–Kier alpha value is -3.06. The fourth-order valence-corrected chi connectivity index (χ4v) is 5.04. The molecule has 1 aliphatic rings. The van der Waals surface area contributed by atoms with Crippen LogP contribution < -0.4 is 11.3 Å². The van der Waals surface area contributed by atoms with Gasteiger partial charge >= 0.3 is 5.97 Å². The lowest BCUT2D eigenvalue weighted by Crippen LogP contribution is -2.50. The summed E-state index contributed by atoms with van der Waals surface area (Å²) in [6.07, 6.45) is -2.08. The van der Waals surface area contributed by atoms with E-state index in [-0.39, 0.29) is 22.2 Å². The van der Waals surface area contributed by atoms with Crippen molar-refractivity contribution in [1.29, 1.82) is 0 Å². The highest BCUT2D eigenvalue weighted by Gasteiger charge is 2.53. The van der Waals surface area contributed by atoms with E-state index in [4.69, 9.17) is 19.6 Å². The lowest BCUT2D eigenvalue weighted by Gasteiger charge is -2.40. The highest BCUT2D eigenvalue weighted by molar-refractivity contribution is 6.74. The number of aromatic amines is 1. The highest BCUT2D eigenvalue weighted by atomic mass is 28.4. The van der Waals surface area contributed by atoms with E-state index in [2.05, 4.69) is 48.8 Å². The zero-order chi connectivity index (χ0) is 25.5. The zero-order valence-electron chi connectivity index (χ0n) is 20.4. The molecule has 1 aromatic carbocycles. The molecule has 0 radical (unpaired) electrons. The highest BCUT2D eigenvalue weighted by Crippen LogP contribution is 2.43. The number of imidazole rings is 1. The third-order valence-corrected chi connectivity index (χ3v) is 11.2. The second kappa shape index (κ2) is 9.19. The summed E-state index contributed by atoms with van der Waals surface area (Å²) in [5.41, 5.74) is 5.94. The van der Waals surface area contributed by atoms with Crippen LogP contribution in [-0.2, 0) is 13.9 Å². The van der Waals surface area contributed by atoms with Gasteiger partial charge in [-0.05, 0) is 30.3 Å². The van der Waals surface area contributed by atoms with Crippen molar-refractivity contribution < 1.29 is 23.8 Å². The molecular weight excluding hydrogens is 470 g/mol. The zero-order valence-corrected chi connectivity index (χ0v) is 21.4. The first-order valence-electron chi connectivity index (χ1n) is 11.4. The van der Waals surface area contributed by atoms with Crippen molar-refractivity contribution in [3.8, 4) is 0 Å². The maximum absolute atomic E-state index is 13.0. The molecule has 0 unspecified atom stereocenters. The number of aromatic nitrogens is 4. The van der Waals surface area contributed by atoms with Gasteiger partial charge in [0, 0.05) is 0 Å². The molecular formula is C23H31N5O6Si. The number of rotatable bonds is 6. The quantitative estimate of drug-likeness (QED) is 0.340. The van der Waals surface area contributed by atoms with E-state index >= 15 is 0 Å². The first-order chi connectivity index (χ1) is 16.4. The molecule has 12 heteroatoms. The van der Waals surface area contributed by atoms with Crippen LogP contribution in [0.3, 0.4) is 0 Å². The fraction of sp³-hybridized carbons (Fsp3) is 0.478. The summed E-state index contributed by atoms with van der Waals surface area (Å²) in [5, 5.41) is 9.97. The van der Waals surface area contributed by atoms with Gasteiger partial charge in [0.2, 0.25) is 5.95 Å². The molecule has 4 rings (SSSR count). The van der Waals surface area contributed by atoms with Crippen molar-refractivity contribution >= 4 is 31.4 Å². The minimum Gasteiger partial charge on any atom is -0.453 e. The minimum absolute atomic E-state index is 0.0742. The van der Waals surface area contributed by atoms with Gasteiger partial charge in [-0.25, -0.2) is 9.78 Å². The second-order valence-corrected chi connectivity index (χ2v) is 14.9. The standard InChI is InChI=1S/C23H31N5O6Si/c1-23(2,3)35(4,5)34-17-16(33-21(31)13-9-7-6-8-10-13)14(11-29)32-20(17)28-12-25-15-18(28)26-22(24)27-19(15)30/h6-10,12,14,16-17,20,29H,11H2,1-5H3,(H3,24,26,27,30)/t14-,16-,17-,20-/m1/s1. The second-order valence-electron chi connectivity index (χ2n) is 10.1. The Balaban J connectivity index is 1.78. The van der Waals surface area contributed by atoms with Gasteiger partial charge in [-0.1, -0.05) is 39.0 Å². The van der Waals surface area contributed by atoms with Crippen LogP contribution in [0.25, 0.3) is 11.2 Å². The summed E-state index contributed by atoms with van der Waals surface area (Å²) in [4.78, 5) is 36.1. The largest absolute Gasteiger partial charge is 0.453 e. The number of benzene rings is 1. The molecule has 4 N–H and O–H groups in total. The number of nitrogen functional groups attached to an aromatic ring is 1. The Morgan fingerprint density at radius 1 is 1.26 bits per heavy atom. The Morgan fingerprint density at radius 3 is 2.57 bits per heavy atom. The van der Waals surface area contributed by atoms with Crippen molar-refractivity contribution in [2.24, 2.45) is 0 Å². The number of anilines is 1. The number of nitrogens with two attached hydrogens (primary N) is 1. The predicted molar refractivity (Wildman–Crippen MR) is 131 cm³/mol. The minimum atomic E-state index is -2.43. The number of nitrogens with one attached hydrogen (secondary N) is 1. The van der Waals surface area contributed by atoms with Crippen molar-refractivity contribution in [3.63, 3.8) is 0 Å². The van der Waals surface area contributed by atoms with Gasteiger partial charge in [0.05, 0.1) is 18.5 Å². The molecule has 1 saturated heterocycles. The topological polar surface area (TPSA) is 155 Å². The lowest BCUT2D eigenvalue weighted by molar-refractivity contribution is -0.0522. The number of esters is 1. The molecule has 0 spiro atoms.